The van der Waals surface area contributed by atoms with Crippen molar-refractivity contribution in [2.45, 2.75) is 31.6 Å². The summed E-state index contributed by atoms with van der Waals surface area (Å²) in [5.74, 6) is 0.713. The first-order valence-electron chi connectivity index (χ1n) is 6.27. The predicted octanol–water partition coefficient (Wildman–Crippen LogP) is 3.70. The Kier molecular flexibility index (Phi) is 2.80. The molecule has 1 nitrogen and oxygen atoms in total. The Balaban J connectivity index is 1.97. The zero-order valence-electron chi connectivity index (χ0n) is 9.51. The highest BCUT2D eigenvalue weighted by Crippen LogP contribution is 2.51. The topological polar surface area (TPSA) is 12.0 Å². The van der Waals surface area contributed by atoms with Crippen molar-refractivity contribution in [2.24, 2.45) is 5.41 Å². The van der Waals surface area contributed by atoms with Gasteiger partial charge in [0.05, 0.1) is 0 Å². The number of benzene rings is 1. The van der Waals surface area contributed by atoms with Crippen molar-refractivity contribution in [3.8, 4) is 0 Å². The first kappa shape index (κ1) is 10.8. The molecule has 1 aromatic rings. The van der Waals surface area contributed by atoms with Crippen LogP contribution in [0.15, 0.2) is 28.7 Å². The van der Waals surface area contributed by atoms with Gasteiger partial charge in [-0.25, -0.2) is 0 Å². The van der Waals surface area contributed by atoms with Gasteiger partial charge in [0, 0.05) is 23.5 Å². The molecule has 2 aliphatic rings. The van der Waals surface area contributed by atoms with Crippen LogP contribution in [-0.4, -0.2) is 13.1 Å². The molecule has 1 N–H and O–H groups in total. The van der Waals surface area contributed by atoms with Crippen LogP contribution in [-0.2, 0) is 0 Å². The molecule has 16 heavy (non-hydrogen) atoms. The molecule has 0 bridgehead atoms. The zero-order valence-corrected chi connectivity index (χ0v) is 11.1. The molecule has 1 aromatic carbocycles. The van der Waals surface area contributed by atoms with E-state index in [-0.39, 0.29) is 0 Å². The van der Waals surface area contributed by atoms with Crippen LogP contribution in [0.3, 0.4) is 0 Å². The van der Waals surface area contributed by atoms with Crippen molar-refractivity contribution < 1.29 is 0 Å². The molecule has 0 radical (unpaired) electrons. The second-order valence-corrected chi connectivity index (χ2v) is 6.13. The summed E-state index contributed by atoms with van der Waals surface area (Å²) in [6.07, 6.45) is 5.66. The van der Waals surface area contributed by atoms with E-state index in [9.17, 15) is 0 Å². The average molecular weight is 280 g/mol. The Bertz CT molecular complexity index is 377. The number of nitrogens with one attached hydrogen (secondary N) is 1. The lowest BCUT2D eigenvalue weighted by atomic mass is 9.73. The maximum atomic E-state index is 3.71. The minimum atomic E-state index is 0.559. The normalized spacial score (nSPS) is 27.7. The molecule has 1 saturated heterocycles. The highest BCUT2D eigenvalue weighted by atomic mass is 79.9. The van der Waals surface area contributed by atoms with Crippen LogP contribution >= 0.6 is 15.9 Å². The standard InChI is InChI=1S/C14H18BrN/c15-13-6-2-1-5-11(13)12-9-16-10-14(12)7-3-4-8-14/h1-2,5-6,12,16H,3-4,7-10H2/t12-/m1/s1. The van der Waals surface area contributed by atoms with E-state index in [0.29, 0.717) is 11.3 Å². The first-order chi connectivity index (χ1) is 7.82. The van der Waals surface area contributed by atoms with Gasteiger partial charge in [0.1, 0.15) is 0 Å². The fourth-order valence-corrected chi connectivity index (χ4v) is 4.17. The van der Waals surface area contributed by atoms with E-state index in [1.165, 1.54) is 42.3 Å². The van der Waals surface area contributed by atoms with Crippen LogP contribution in [0.25, 0.3) is 0 Å². The monoisotopic (exact) mass is 279 g/mol. The molecule has 0 unspecified atom stereocenters. The lowest BCUT2D eigenvalue weighted by Crippen LogP contribution is -2.25. The van der Waals surface area contributed by atoms with E-state index in [2.05, 4.69) is 45.5 Å². The van der Waals surface area contributed by atoms with Gasteiger partial charge < -0.3 is 5.32 Å². The maximum absolute atomic E-state index is 3.71. The molecular weight excluding hydrogens is 262 g/mol. The highest BCUT2D eigenvalue weighted by molar-refractivity contribution is 9.10. The van der Waals surface area contributed by atoms with Crippen LogP contribution in [0.5, 0.6) is 0 Å². The van der Waals surface area contributed by atoms with Gasteiger partial charge in [-0.3, -0.25) is 0 Å². The lowest BCUT2D eigenvalue weighted by Gasteiger charge is -2.31. The van der Waals surface area contributed by atoms with E-state index < -0.39 is 0 Å². The summed E-state index contributed by atoms with van der Waals surface area (Å²) in [6, 6.07) is 8.75. The second kappa shape index (κ2) is 4.15. The molecular formula is C14H18BrN. The molecule has 1 aliphatic heterocycles. The van der Waals surface area contributed by atoms with Crippen LogP contribution in [0, 0.1) is 5.41 Å². The molecule has 2 heteroatoms. The summed E-state index contributed by atoms with van der Waals surface area (Å²) in [7, 11) is 0. The SMILES string of the molecule is Brc1ccccc1[C@H]1CNCC12CCCC2. The van der Waals surface area contributed by atoms with Crippen molar-refractivity contribution in [3.63, 3.8) is 0 Å². The molecule has 86 valence electrons. The molecule has 0 aromatic heterocycles. The number of hydrogen-bond acceptors (Lipinski definition) is 1. The first-order valence-corrected chi connectivity index (χ1v) is 7.06. The Morgan fingerprint density at radius 2 is 1.94 bits per heavy atom. The minimum Gasteiger partial charge on any atom is -0.316 e. The minimum absolute atomic E-state index is 0.559. The van der Waals surface area contributed by atoms with Crippen molar-refractivity contribution in [1.29, 1.82) is 0 Å². The molecule has 0 amide bonds. The van der Waals surface area contributed by atoms with Crippen LogP contribution in [0.4, 0.5) is 0 Å². The largest absolute Gasteiger partial charge is 0.316 e. The molecule has 2 fully saturated rings. The molecule has 3 rings (SSSR count). The van der Waals surface area contributed by atoms with E-state index in [1.807, 2.05) is 0 Å². The van der Waals surface area contributed by atoms with Gasteiger partial charge in [0.2, 0.25) is 0 Å². The third-order valence-electron chi connectivity index (χ3n) is 4.44. The van der Waals surface area contributed by atoms with Crippen molar-refractivity contribution in [1.82, 2.24) is 5.32 Å². The number of hydrogen-bond donors (Lipinski definition) is 1. The Morgan fingerprint density at radius 3 is 2.69 bits per heavy atom. The highest BCUT2D eigenvalue weighted by Gasteiger charge is 2.45. The number of halogens is 1. The zero-order chi connectivity index (χ0) is 11.0. The van der Waals surface area contributed by atoms with E-state index >= 15 is 0 Å². The van der Waals surface area contributed by atoms with Gasteiger partial charge in [0.15, 0.2) is 0 Å². The fraction of sp³-hybridized carbons (Fsp3) is 0.571. The van der Waals surface area contributed by atoms with Gasteiger partial charge in [-0.2, -0.15) is 0 Å². The van der Waals surface area contributed by atoms with Gasteiger partial charge >= 0.3 is 0 Å². The third-order valence-corrected chi connectivity index (χ3v) is 5.17. The van der Waals surface area contributed by atoms with E-state index in [0.717, 1.165) is 6.54 Å². The third kappa shape index (κ3) is 1.63. The Morgan fingerprint density at radius 1 is 1.19 bits per heavy atom. The van der Waals surface area contributed by atoms with Gasteiger partial charge in [-0.15, -0.1) is 0 Å². The summed E-state index contributed by atoms with van der Waals surface area (Å²) in [5, 5.41) is 3.61. The summed E-state index contributed by atoms with van der Waals surface area (Å²) >= 11 is 3.71. The van der Waals surface area contributed by atoms with Gasteiger partial charge in [0.25, 0.3) is 0 Å². The van der Waals surface area contributed by atoms with Crippen LogP contribution in [0.1, 0.15) is 37.2 Å². The van der Waals surface area contributed by atoms with Gasteiger partial charge in [-0.1, -0.05) is 47.0 Å². The maximum Gasteiger partial charge on any atom is 0.0210 e. The van der Waals surface area contributed by atoms with Crippen molar-refractivity contribution in [2.75, 3.05) is 13.1 Å². The smallest absolute Gasteiger partial charge is 0.0210 e. The Hall–Kier alpha value is -0.340. The molecule has 1 aliphatic carbocycles. The molecule has 1 saturated carbocycles. The lowest BCUT2D eigenvalue weighted by molar-refractivity contribution is 0.294. The molecule has 1 heterocycles. The summed E-state index contributed by atoms with van der Waals surface area (Å²) < 4.78 is 1.29. The second-order valence-electron chi connectivity index (χ2n) is 5.27. The van der Waals surface area contributed by atoms with E-state index in [4.69, 9.17) is 0 Å². The Labute approximate surface area is 106 Å². The number of rotatable bonds is 1. The summed E-state index contributed by atoms with van der Waals surface area (Å²) in [6.45, 7) is 2.38. The summed E-state index contributed by atoms with van der Waals surface area (Å²) in [5.41, 5.74) is 2.07. The van der Waals surface area contributed by atoms with E-state index in [1.54, 1.807) is 0 Å². The molecule has 1 atom stereocenters. The quantitative estimate of drug-likeness (QED) is 0.827. The fourth-order valence-electron chi connectivity index (χ4n) is 3.61. The van der Waals surface area contributed by atoms with Crippen molar-refractivity contribution in [3.05, 3.63) is 34.3 Å². The van der Waals surface area contributed by atoms with Gasteiger partial charge in [-0.05, 0) is 29.9 Å². The van der Waals surface area contributed by atoms with Crippen LogP contribution in [0.2, 0.25) is 0 Å². The van der Waals surface area contributed by atoms with Crippen molar-refractivity contribution >= 4 is 15.9 Å². The molecule has 1 spiro atoms. The van der Waals surface area contributed by atoms with Crippen LogP contribution < -0.4 is 5.32 Å². The predicted molar refractivity (Wildman–Crippen MR) is 70.7 cm³/mol. The average Bonchev–Trinajstić information content (AvgIpc) is 2.91. The summed E-state index contributed by atoms with van der Waals surface area (Å²) in [4.78, 5) is 0.